The summed E-state index contributed by atoms with van der Waals surface area (Å²) in [5.74, 6) is 2.39. The van der Waals surface area contributed by atoms with Crippen LogP contribution in [0.5, 0.6) is 11.5 Å². The molecule has 0 aliphatic carbocycles. The SMILES string of the molecule is CCOc1ccc(N2C(=O)/C(=C\c3ccc(COc4cccc(Br)c4)o3)NC2=S)cc1. The molecule has 0 unspecified atom stereocenters. The lowest BCUT2D eigenvalue weighted by Gasteiger charge is -2.14. The number of hydrogen-bond acceptors (Lipinski definition) is 5. The molecule has 1 fully saturated rings. The second kappa shape index (κ2) is 9.36. The Morgan fingerprint density at radius 3 is 2.65 bits per heavy atom. The van der Waals surface area contributed by atoms with Gasteiger partial charge in [0.15, 0.2) is 5.11 Å². The predicted molar refractivity (Wildman–Crippen MR) is 126 cm³/mol. The van der Waals surface area contributed by atoms with E-state index in [2.05, 4.69) is 21.2 Å². The van der Waals surface area contributed by atoms with E-state index < -0.39 is 0 Å². The third-order valence-corrected chi connectivity index (χ3v) is 5.21. The van der Waals surface area contributed by atoms with Crippen molar-refractivity contribution in [1.82, 2.24) is 5.32 Å². The van der Waals surface area contributed by atoms with Gasteiger partial charge in [0.1, 0.15) is 35.3 Å². The Kier molecular flexibility index (Phi) is 6.39. The van der Waals surface area contributed by atoms with Crippen LogP contribution in [0.4, 0.5) is 5.69 Å². The van der Waals surface area contributed by atoms with Crippen LogP contribution in [0.1, 0.15) is 18.4 Å². The topological polar surface area (TPSA) is 63.9 Å². The molecule has 4 rings (SSSR count). The van der Waals surface area contributed by atoms with Crippen LogP contribution in [0, 0.1) is 0 Å². The zero-order chi connectivity index (χ0) is 21.8. The normalized spacial score (nSPS) is 14.8. The van der Waals surface area contributed by atoms with Gasteiger partial charge in [0.2, 0.25) is 0 Å². The first-order valence-electron chi connectivity index (χ1n) is 9.60. The molecule has 6 nitrogen and oxygen atoms in total. The van der Waals surface area contributed by atoms with Gasteiger partial charge in [-0.25, -0.2) is 0 Å². The number of rotatable bonds is 7. The van der Waals surface area contributed by atoms with Crippen molar-refractivity contribution in [2.45, 2.75) is 13.5 Å². The van der Waals surface area contributed by atoms with Gasteiger partial charge in [0.05, 0.1) is 12.3 Å². The summed E-state index contributed by atoms with van der Waals surface area (Å²) in [6, 6.07) is 18.4. The summed E-state index contributed by atoms with van der Waals surface area (Å²) in [7, 11) is 0. The van der Waals surface area contributed by atoms with Crippen LogP contribution in [0.25, 0.3) is 6.08 Å². The molecular weight excluding hydrogens is 480 g/mol. The quantitative estimate of drug-likeness (QED) is 0.353. The number of hydrogen-bond donors (Lipinski definition) is 1. The molecule has 0 spiro atoms. The maximum Gasteiger partial charge on any atom is 0.281 e. The van der Waals surface area contributed by atoms with Gasteiger partial charge >= 0.3 is 0 Å². The molecule has 0 bridgehead atoms. The number of nitrogens with zero attached hydrogens (tertiary/aromatic N) is 1. The maximum absolute atomic E-state index is 12.9. The molecule has 1 amide bonds. The number of thiocarbonyl (C=S) groups is 1. The van der Waals surface area contributed by atoms with Crippen molar-refractivity contribution in [1.29, 1.82) is 0 Å². The third kappa shape index (κ3) is 4.98. The monoisotopic (exact) mass is 498 g/mol. The van der Waals surface area contributed by atoms with E-state index in [1.165, 1.54) is 4.90 Å². The minimum atomic E-state index is -0.252. The van der Waals surface area contributed by atoms with Crippen molar-refractivity contribution in [2.24, 2.45) is 0 Å². The molecule has 8 heteroatoms. The summed E-state index contributed by atoms with van der Waals surface area (Å²) in [6.07, 6.45) is 1.63. The van der Waals surface area contributed by atoms with Gasteiger partial charge < -0.3 is 19.2 Å². The minimum absolute atomic E-state index is 0.252. The number of anilines is 1. The Morgan fingerprint density at radius 1 is 1.10 bits per heavy atom. The number of carbonyl (C=O) groups is 1. The molecule has 0 atom stereocenters. The molecule has 0 saturated carbocycles. The van der Waals surface area contributed by atoms with Crippen LogP contribution in [-0.4, -0.2) is 17.6 Å². The first-order valence-corrected chi connectivity index (χ1v) is 10.8. The number of benzene rings is 2. The molecule has 31 heavy (non-hydrogen) atoms. The predicted octanol–water partition coefficient (Wildman–Crippen LogP) is 5.28. The average molecular weight is 499 g/mol. The standard InChI is InChI=1S/C23H19BrN2O4S/c1-2-28-17-8-6-16(7-9-17)26-22(27)21(25-23(26)31)13-19-10-11-20(30-19)14-29-18-5-3-4-15(24)12-18/h3-13H,2,14H2,1H3,(H,25,31)/b21-13+. The first-order chi connectivity index (χ1) is 15.0. The average Bonchev–Trinajstić information content (AvgIpc) is 3.31. The summed E-state index contributed by atoms with van der Waals surface area (Å²) in [5, 5.41) is 3.27. The van der Waals surface area contributed by atoms with E-state index in [1.807, 2.05) is 37.3 Å². The van der Waals surface area contributed by atoms with E-state index in [9.17, 15) is 4.79 Å². The number of nitrogens with one attached hydrogen (secondary N) is 1. The van der Waals surface area contributed by atoms with Gasteiger partial charge in [0, 0.05) is 10.5 Å². The number of halogens is 1. The van der Waals surface area contributed by atoms with E-state index in [-0.39, 0.29) is 12.5 Å². The minimum Gasteiger partial charge on any atom is -0.494 e. The van der Waals surface area contributed by atoms with Gasteiger partial charge in [-0.15, -0.1) is 0 Å². The Morgan fingerprint density at radius 2 is 1.90 bits per heavy atom. The first kappa shape index (κ1) is 21.1. The van der Waals surface area contributed by atoms with E-state index in [0.717, 1.165) is 16.0 Å². The Hall–Kier alpha value is -3.10. The highest BCUT2D eigenvalue weighted by Gasteiger charge is 2.32. The lowest BCUT2D eigenvalue weighted by Crippen LogP contribution is -2.30. The van der Waals surface area contributed by atoms with Crippen LogP contribution in [0.3, 0.4) is 0 Å². The molecule has 0 radical (unpaired) electrons. The third-order valence-electron chi connectivity index (χ3n) is 4.43. The molecule has 1 aliphatic heterocycles. The fourth-order valence-electron chi connectivity index (χ4n) is 3.03. The van der Waals surface area contributed by atoms with Gasteiger partial charge in [-0.3, -0.25) is 9.69 Å². The molecule has 1 N–H and O–H groups in total. The largest absolute Gasteiger partial charge is 0.494 e. The smallest absolute Gasteiger partial charge is 0.281 e. The molecule has 158 valence electrons. The van der Waals surface area contributed by atoms with Gasteiger partial charge in [-0.2, -0.15) is 0 Å². The Labute approximate surface area is 193 Å². The van der Waals surface area contributed by atoms with Crippen molar-refractivity contribution in [2.75, 3.05) is 11.5 Å². The number of furan rings is 1. The van der Waals surface area contributed by atoms with E-state index in [1.54, 1.807) is 36.4 Å². The van der Waals surface area contributed by atoms with Crippen molar-refractivity contribution < 1.29 is 18.7 Å². The van der Waals surface area contributed by atoms with E-state index in [0.29, 0.717) is 34.6 Å². The summed E-state index contributed by atoms with van der Waals surface area (Å²) >= 11 is 8.77. The summed E-state index contributed by atoms with van der Waals surface area (Å²) in [5.41, 5.74) is 1.00. The second-order valence-corrected chi connectivity index (χ2v) is 7.91. The summed E-state index contributed by atoms with van der Waals surface area (Å²) < 4.78 is 17.9. The lowest BCUT2D eigenvalue weighted by atomic mass is 10.2. The number of ether oxygens (including phenoxy) is 2. The molecule has 1 aliphatic rings. The fraction of sp³-hybridized carbons (Fsp3) is 0.130. The zero-order valence-electron chi connectivity index (χ0n) is 16.6. The maximum atomic E-state index is 12.9. The Bertz CT molecular complexity index is 1140. The molecule has 3 aromatic rings. The van der Waals surface area contributed by atoms with Crippen molar-refractivity contribution in [3.05, 3.63) is 82.4 Å². The van der Waals surface area contributed by atoms with Crippen LogP contribution < -0.4 is 19.7 Å². The van der Waals surface area contributed by atoms with Crippen molar-refractivity contribution in [3.8, 4) is 11.5 Å². The lowest BCUT2D eigenvalue weighted by molar-refractivity contribution is -0.113. The summed E-state index contributed by atoms with van der Waals surface area (Å²) in [4.78, 5) is 14.3. The van der Waals surface area contributed by atoms with E-state index >= 15 is 0 Å². The zero-order valence-corrected chi connectivity index (χ0v) is 19.0. The molecule has 1 aromatic heterocycles. The highest BCUT2D eigenvalue weighted by molar-refractivity contribution is 9.10. The van der Waals surface area contributed by atoms with E-state index in [4.69, 9.17) is 26.1 Å². The summed E-state index contributed by atoms with van der Waals surface area (Å²) in [6.45, 7) is 2.77. The number of amides is 1. The molecule has 2 aromatic carbocycles. The van der Waals surface area contributed by atoms with Crippen LogP contribution in [-0.2, 0) is 11.4 Å². The highest BCUT2D eigenvalue weighted by atomic mass is 79.9. The van der Waals surface area contributed by atoms with Crippen molar-refractivity contribution >= 4 is 50.9 Å². The highest BCUT2D eigenvalue weighted by Crippen LogP contribution is 2.25. The van der Waals surface area contributed by atoms with Gasteiger partial charge in [-0.1, -0.05) is 22.0 Å². The number of carbonyl (C=O) groups excluding carboxylic acids is 1. The fourth-order valence-corrected chi connectivity index (χ4v) is 3.71. The Balaban J connectivity index is 1.44. The van der Waals surface area contributed by atoms with Crippen LogP contribution >= 0.6 is 28.1 Å². The molecule has 2 heterocycles. The van der Waals surface area contributed by atoms with Crippen LogP contribution in [0.15, 0.2) is 75.3 Å². The van der Waals surface area contributed by atoms with Gasteiger partial charge in [-0.05, 0) is 73.7 Å². The van der Waals surface area contributed by atoms with Crippen molar-refractivity contribution in [3.63, 3.8) is 0 Å². The molecule has 1 saturated heterocycles. The molecular formula is C23H19BrN2O4S. The van der Waals surface area contributed by atoms with Crippen LogP contribution in [0.2, 0.25) is 0 Å². The second-order valence-electron chi connectivity index (χ2n) is 6.61. The van der Waals surface area contributed by atoms with Gasteiger partial charge in [0.25, 0.3) is 5.91 Å².